The molecule has 3 atom stereocenters. The molecule has 0 aromatic carbocycles. The molecule has 0 bridgehead atoms. The minimum atomic E-state index is -0.151. The highest BCUT2D eigenvalue weighted by Crippen LogP contribution is 2.31. The summed E-state index contributed by atoms with van der Waals surface area (Å²) in [6, 6.07) is 0. The van der Waals surface area contributed by atoms with Crippen molar-refractivity contribution in [1.29, 1.82) is 0 Å². The molecule has 1 fully saturated rings. The second-order valence-electron chi connectivity index (χ2n) is 3.65. The van der Waals surface area contributed by atoms with E-state index in [2.05, 4.69) is 6.92 Å². The fourth-order valence-corrected chi connectivity index (χ4v) is 1.48. The van der Waals surface area contributed by atoms with Gasteiger partial charge >= 0.3 is 0 Å². The van der Waals surface area contributed by atoms with Crippen molar-refractivity contribution in [2.24, 2.45) is 0 Å². The smallest absolute Gasteiger partial charge is 0.0866 e. The van der Waals surface area contributed by atoms with Crippen LogP contribution in [0.1, 0.15) is 46.0 Å². The van der Waals surface area contributed by atoms with Crippen LogP contribution in [0.25, 0.3) is 0 Å². The van der Waals surface area contributed by atoms with Gasteiger partial charge in [0.05, 0.1) is 18.3 Å². The van der Waals surface area contributed by atoms with Crippen LogP contribution in [-0.4, -0.2) is 23.4 Å². The van der Waals surface area contributed by atoms with Gasteiger partial charge in [0.1, 0.15) is 0 Å². The van der Waals surface area contributed by atoms with Crippen LogP contribution >= 0.6 is 0 Å². The predicted octanol–water partition coefficient (Wildman–Crippen LogP) is 2.10. The number of aliphatic hydroxyl groups excluding tert-OH is 1. The van der Waals surface area contributed by atoms with E-state index >= 15 is 0 Å². The molecule has 1 rings (SSSR count). The summed E-state index contributed by atoms with van der Waals surface area (Å²) in [5.74, 6) is 0. The molecular weight excluding hydrogens is 152 g/mol. The van der Waals surface area contributed by atoms with Gasteiger partial charge in [-0.15, -0.1) is 0 Å². The van der Waals surface area contributed by atoms with E-state index in [-0.39, 0.29) is 6.10 Å². The Morgan fingerprint density at radius 2 is 2.08 bits per heavy atom. The summed E-state index contributed by atoms with van der Waals surface area (Å²) in [7, 11) is 0. The summed E-state index contributed by atoms with van der Waals surface area (Å²) in [6.45, 7) is 4.20. The van der Waals surface area contributed by atoms with Crippen LogP contribution in [0.2, 0.25) is 0 Å². The largest absolute Gasteiger partial charge is 0.393 e. The van der Waals surface area contributed by atoms with E-state index in [0.717, 1.165) is 12.8 Å². The van der Waals surface area contributed by atoms with Crippen LogP contribution in [0.15, 0.2) is 0 Å². The zero-order valence-electron chi connectivity index (χ0n) is 8.12. The molecule has 0 saturated carbocycles. The molecule has 2 nitrogen and oxygen atoms in total. The summed E-state index contributed by atoms with van der Waals surface area (Å²) in [5, 5.41) is 9.33. The van der Waals surface area contributed by atoms with Gasteiger partial charge in [-0.25, -0.2) is 0 Å². The summed E-state index contributed by atoms with van der Waals surface area (Å²) in [4.78, 5) is 0. The lowest BCUT2D eigenvalue weighted by Gasteiger charge is -2.03. The van der Waals surface area contributed by atoms with Gasteiger partial charge < -0.3 is 9.84 Å². The van der Waals surface area contributed by atoms with Gasteiger partial charge in [-0.2, -0.15) is 0 Å². The van der Waals surface area contributed by atoms with Gasteiger partial charge in [0.2, 0.25) is 0 Å². The van der Waals surface area contributed by atoms with Gasteiger partial charge in [0.25, 0.3) is 0 Å². The van der Waals surface area contributed by atoms with E-state index in [1.54, 1.807) is 0 Å². The van der Waals surface area contributed by atoms with Crippen LogP contribution < -0.4 is 0 Å². The van der Waals surface area contributed by atoms with E-state index in [0.29, 0.717) is 12.2 Å². The van der Waals surface area contributed by atoms with E-state index in [4.69, 9.17) is 4.74 Å². The molecule has 2 heteroatoms. The minimum absolute atomic E-state index is 0.151. The number of unbranched alkanes of at least 4 members (excludes halogenated alkanes) is 1. The topological polar surface area (TPSA) is 32.8 Å². The third-order valence-corrected chi connectivity index (χ3v) is 2.51. The zero-order chi connectivity index (χ0) is 8.97. The first kappa shape index (κ1) is 10.0. The monoisotopic (exact) mass is 172 g/mol. The quantitative estimate of drug-likeness (QED) is 0.622. The second-order valence-corrected chi connectivity index (χ2v) is 3.65. The Balaban J connectivity index is 2.00. The standard InChI is InChI=1S/C10H20O2/c1-3-5-6-9-10(12-9)7-8(11)4-2/h8-11H,3-7H2,1-2H3. The number of hydrogen-bond donors (Lipinski definition) is 1. The third kappa shape index (κ3) is 3.11. The van der Waals surface area contributed by atoms with E-state index in [1.165, 1.54) is 19.3 Å². The number of hydrogen-bond acceptors (Lipinski definition) is 2. The van der Waals surface area contributed by atoms with Crippen LogP contribution in [0.4, 0.5) is 0 Å². The molecule has 72 valence electrons. The van der Waals surface area contributed by atoms with Crippen molar-refractivity contribution in [2.75, 3.05) is 0 Å². The fourth-order valence-electron chi connectivity index (χ4n) is 1.48. The summed E-state index contributed by atoms with van der Waals surface area (Å²) < 4.78 is 5.43. The Bertz CT molecular complexity index is 125. The molecule has 1 saturated heterocycles. The highest BCUT2D eigenvalue weighted by Gasteiger charge is 2.38. The number of epoxide rings is 1. The Kier molecular flexibility index (Phi) is 4.02. The van der Waals surface area contributed by atoms with Crippen molar-refractivity contribution in [3.8, 4) is 0 Å². The maximum atomic E-state index is 9.33. The summed E-state index contributed by atoms with van der Waals surface area (Å²) >= 11 is 0. The van der Waals surface area contributed by atoms with Gasteiger partial charge in [0, 0.05) is 6.42 Å². The van der Waals surface area contributed by atoms with Gasteiger partial charge in [0.15, 0.2) is 0 Å². The maximum Gasteiger partial charge on any atom is 0.0866 e. The maximum absolute atomic E-state index is 9.33. The molecule has 12 heavy (non-hydrogen) atoms. The molecule has 0 aromatic heterocycles. The summed E-state index contributed by atoms with van der Waals surface area (Å²) in [5.41, 5.74) is 0. The van der Waals surface area contributed by atoms with E-state index in [9.17, 15) is 5.11 Å². The molecule has 0 amide bonds. The first-order valence-electron chi connectivity index (χ1n) is 5.11. The van der Waals surface area contributed by atoms with Crippen LogP contribution in [0.5, 0.6) is 0 Å². The van der Waals surface area contributed by atoms with Crippen LogP contribution in [0.3, 0.4) is 0 Å². The van der Waals surface area contributed by atoms with Crippen LogP contribution in [0, 0.1) is 0 Å². The fraction of sp³-hybridized carbons (Fsp3) is 1.00. The Morgan fingerprint density at radius 1 is 1.33 bits per heavy atom. The molecule has 1 N–H and O–H groups in total. The lowest BCUT2D eigenvalue weighted by molar-refractivity contribution is 0.148. The lowest BCUT2D eigenvalue weighted by Crippen LogP contribution is -2.09. The number of rotatable bonds is 6. The predicted molar refractivity (Wildman–Crippen MR) is 49.1 cm³/mol. The SMILES string of the molecule is CCCCC1OC1CC(O)CC. The van der Waals surface area contributed by atoms with Crippen molar-refractivity contribution in [3.05, 3.63) is 0 Å². The van der Waals surface area contributed by atoms with E-state index < -0.39 is 0 Å². The summed E-state index contributed by atoms with van der Waals surface area (Å²) in [6.07, 6.45) is 6.04. The first-order chi connectivity index (χ1) is 5.77. The molecule has 3 unspecified atom stereocenters. The lowest BCUT2D eigenvalue weighted by atomic mass is 10.1. The van der Waals surface area contributed by atoms with Crippen LogP contribution in [-0.2, 0) is 4.74 Å². The van der Waals surface area contributed by atoms with Crippen molar-refractivity contribution >= 4 is 0 Å². The molecule has 0 aliphatic carbocycles. The molecule has 0 radical (unpaired) electrons. The first-order valence-corrected chi connectivity index (χ1v) is 5.11. The zero-order valence-corrected chi connectivity index (χ0v) is 8.12. The van der Waals surface area contributed by atoms with Gasteiger partial charge in [-0.1, -0.05) is 26.7 Å². The Labute approximate surface area is 74.9 Å². The van der Waals surface area contributed by atoms with Crippen molar-refractivity contribution in [1.82, 2.24) is 0 Å². The highest BCUT2D eigenvalue weighted by molar-refractivity contribution is 4.86. The van der Waals surface area contributed by atoms with Crippen molar-refractivity contribution in [3.63, 3.8) is 0 Å². The second kappa shape index (κ2) is 4.83. The molecular formula is C10H20O2. The molecule has 1 aliphatic heterocycles. The highest BCUT2D eigenvalue weighted by atomic mass is 16.6. The molecule has 0 aromatic rings. The van der Waals surface area contributed by atoms with Crippen molar-refractivity contribution < 1.29 is 9.84 Å². The van der Waals surface area contributed by atoms with Gasteiger partial charge in [-0.05, 0) is 12.8 Å². The average Bonchev–Trinajstić information content (AvgIpc) is 2.80. The normalized spacial score (nSPS) is 30.2. The van der Waals surface area contributed by atoms with Crippen molar-refractivity contribution in [2.45, 2.75) is 64.3 Å². The Morgan fingerprint density at radius 3 is 2.67 bits per heavy atom. The minimum Gasteiger partial charge on any atom is -0.393 e. The third-order valence-electron chi connectivity index (χ3n) is 2.51. The van der Waals surface area contributed by atoms with E-state index in [1.807, 2.05) is 6.92 Å². The Hall–Kier alpha value is -0.0800. The molecule has 0 spiro atoms. The molecule has 1 aliphatic rings. The number of aliphatic hydroxyl groups is 1. The number of ether oxygens (including phenoxy) is 1. The average molecular weight is 172 g/mol. The molecule has 1 heterocycles. The van der Waals surface area contributed by atoms with Gasteiger partial charge in [-0.3, -0.25) is 0 Å².